The van der Waals surface area contributed by atoms with Crippen molar-refractivity contribution in [3.63, 3.8) is 0 Å². The molecule has 0 radical (unpaired) electrons. The molecule has 0 aromatic heterocycles. The van der Waals surface area contributed by atoms with Gasteiger partial charge in [0.15, 0.2) is 0 Å². The maximum Gasteiger partial charge on any atom is 0.113 e. The van der Waals surface area contributed by atoms with Gasteiger partial charge in [-0.15, -0.1) is 0 Å². The van der Waals surface area contributed by atoms with Crippen LogP contribution in [0.4, 0.5) is 0 Å². The highest BCUT2D eigenvalue weighted by Crippen LogP contribution is 2.20. The lowest BCUT2D eigenvalue weighted by Crippen LogP contribution is -2.49. The van der Waals surface area contributed by atoms with Gasteiger partial charge in [-0.05, 0) is 16.7 Å². The minimum atomic E-state index is -1.28. The van der Waals surface area contributed by atoms with Gasteiger partial charge in [-0.25, -0.2) is 0 Å². The topological polar surface area (TPSA) is 128 Å². The van der Waals surface area contributed by atoms with E-state index in [1.54, 1.807) is 0 Å². The van der Waals surface area contributed by atoms with Gasteiger partial charge in [-0.2, -0.15) is 0 Å². The van der Waals surface area contributed by atoms with Crippen molar-refractivity contribution in [2.24, 2.45) is 5.11 Å². The number of benzene rings is 2. The molecule has 4 atom stereocenters. The number of aliphatic hydroxyl groups excluding tert-OH is 3. The predicted octanol–water partition coefficient (Wildman–Crippen LogP) is 2.18. The summed E-state index contributed by atoms with van der Waals surface area (Å²) in [5.41, 5.74) is 10.6. The zero-order valence-electron chi connectivity index (χ0n) is 15.4. The van der Waals surface area contributed by atoms with Gasteiger partial charge in [0.2, 0.25) is 0 Å². The Morgan fingerprint density at radius 1 is 0.821 bits per heavy atom. The summed E-state index contributed by atoms with van der Waals surface area (Å²) in [4.78, 5) is 2.75. The SMILES string of the molecule is [N-]=[N+]=NC(CO)C(OCc1ccccc1)[C@H](OCc1ccccc1)C(O)CO. The fourth-order valence-electron chi connectivity index (χ4n) is 2.76. The maximum absolute atomic E-state index is 10.3. The van der Waals surface area contributed by atoms with Crippen LogP contribution in [0.3, 0.4) is 0 Å². The number of nitrogens with zero attached hydrogens (tertiary/aromatic N) is 3. The van der Waals surface area contributed by atoms with E-state index in [9.17, 15) is 15.3 Å². The average Bonchev–Trinajstić information content (AvgIpc) is 2.75. The van der Waals surface area contributed by atoms with Crippen LogP contribution in [0.2, 0.25) is 0 Å². The Bertz CT molecular complexity index is 725. The average molecular weight is 387 g/mol. The number of rotatable bonds is 12. The van der Waals surface area contributed by atoms with E-state index < -0.39 is 37.6 Å². The van der Waals surface area contributed by atoms with Crippen LogP contribution in [0.15, 0.2) is 65.8 Å². The zero-order valence-corrected chi connectivity index (χ0v) is 15.4. The van der Waals surface area contributed by atoms with E-state index in [-0.39, 0.29) is 13.2 Å². The van der Waals surface area contributed by atoms with Gasteiger partial charge in [-0.3, -0.25) is 0 Å². The molecule has 0 amide bonds. The first-order chi connectivity index (χ1) is 13.7. The lowest BCUT2D eigenvalue weighted by molar-refractivity contribution is -0.150. The second-order valence-electron chi connectivity index (χ2n) is 6.23. The number of hydrogen-bond acceptors (Lipinski definition) is 6. The molecule has 2 aromatic rings. The van der Waals surface area contributed by atoms with Crippen LogP contribution < -0.4 is 0 Å². The van der Waals surface area contributed by atoms with Gasteiger partial charge in [0.1, 0.15) is 12.2 Å². The molecule has 0 saturated heterocycles. The van der Waals surface area contributed by atoms with E-state index in [0.29, 0.717) is 0 Å². The summed E-state index contributed by atoms with van der Waals surface area (Å²) in [5.74, 6) is 0. The molecule has 8 nitrogen and oxygen atoms in total. The first-order valence-corrected chi connectivity index (χ1v) is 8.94. The van der Waals surface area contributed by atoms with Crippen LogP contribution in [0.1, 0.15) is 11.1 Å². The minimum Gasteiger partial charge on any atom is -0.396 e. The van der Waals surface area contributed by atoms with Gasteiger partial charge in [-0.1, -0.05) is 65.8 Å². The highest BCUT2D eigenvalue weighted by atomic mass is 16.6. The van der Waals surface area contributed by atoms with Crippen LogP contribution in [0.25, 0.3) is 10.4 Å². The van der Waals surface area contributed by atoms with Crippen molar-refractivity contribution in [3.05, 3.63) is 82.2 Å². The van der Waals surface area contributed by atoms with Gasteiger partial charge >= 0.3 is 0 Å². The van der Waals surface area contributed by atoms with Crippen molar-refractivity contribution < 1.29 is 24.8 Å². The summed E-state index contributed by atoms with van der Waals surface area (Å²) in [6.07, 6.45) is -3.27. The van der Waals surface area contributed by atoms with Crippen molar-refractivity contribution in [1.82, 2.24) is 0 Å². The highest BCUT2D eigenvalue weighted by Gasteiger charge is 2.35. The van der Waals surface area contributed by atoms with Crippen molar-refractivity contribution >= 4 is 0 Å². The van der Waals surface area contributed by atoms with Crippen LogP contribution in [-0.4, -0.2) is 52.9 Å². The maximum atomic E-state index is 10.3. The van der Waals surface area contributed by atoms with Crippen molar-refractivity contribution in [3.8, 4) is 0 Å². The zero-order chi connectivity index (χ0) is 20.2. The standard InChI is InChI=1S/C20H25N3O5/c21-23-22-17(11-24)19(27-13-15-7-3-1-4-8-15)20(18(26)12-25)28-14-16-9-5-2-6-10-16/h1-10,17-20,24-26H,11-14H2/t17?,18?,19?,20-/m1/s1. The Hall–Kier alpha value is -2.45. The van der Waals surface area contributed by atoms with Crippen LogP contribution >= 0.6 is 0 Å². The molecule has 0 bridgehead atoms. The second kappa shape index (κ2) is 12.1. The van der Waals surface area contributed by atoms with Gasteiger partial charge in [0.25, 0.3) is 0 Å². The molecule has 3 N–H and O–H groups in total. The van der Waals surface area contributed by atoms with E-state index in [4.69, 9.17) is 15.0 Å². The molecular weight excluding hydrogens is 362 g/mol. The molecule has 0 aliphatic carbocycles. The second-order valence-corrected chi connectivity index (χ2v) is 6.23. The summed E-state index contributed by atoms with van der Waals surface area (Å²) in [6.45, 7) is -0.750. The molecule has 0 saturated carbocycles. The molecule has 0 heterocycles. The lowest BCUT2D eigenvalue weighted by atomic mass is 10.0. The molecule has 0 aliphatic rings. The highest BCUT2D eigenvalue weighted by molar-refractivity contribution is 5.14. The smallest absolute Gasteiger partial charge is 0.113 e. The Labute approximate surface area is 163 Å². The molecule has 2 aromatic carbocycles. The summed E-state index contributed by atoms with van der Waals surface area (Å²) in [7, 11) is 0. The Morgan fingerprint density at radius 2 is 1.32 bits per heavy atom. The largest absolute Gasteiger partial charge is 0.396 e. The summed E-state index contributed by atoms with van der Waals surface area (Å²) in [5, 5.41) is 33.0. The fourth-order valence-corrected chi connectivity index (χ4v) is 2.76. The van der Waals surface area contributed by atoms with Crippen molar-refractivity contribution in [2.75, 3.05) is 13.2 Å². The normalized spacial score (nSPS) is 15.2. The van der Waals surface area contributed by atoms with Crippen LogP contribution in [0.5, 0.6) is 0 Å². The summed E-state index contributed by atoms with van der Waals surface area (Å²) in [6, 6.07) is 17.6. The third kappa shape index (κ3) is 6.61. The van der Waals surface area contributed by atoms with E-state index in [2.05, 4.69) is 10.0 Å². The minimum absolute atomic E-state index is 0.155. The Kier molecular flexibility index (Phi) is 9.44. The van der Waals surface area contributed by atoms with Crippen molar-refractivity contribution in [1.29, 1.82) is 0 Å². The van der Waals surface area contributed by atoms with E-state index >= 15 is 0 Å². The molecular formula is C20H25N3O5. The summed E-state index contributed by atoms with van der Waals surface area (Å²) < 4.78 is 11.7. The molecule has 150 valence electrons. The van der Waals surface area contributed by atoms with Crippen LogP contribution in [-0.2, 0) is 22.7 Å². The van der Waals surface area contributed by atoms with E-state index in [1.165, 1.54) is 0 Å². The molecule has 28 heavy (non-hydrogen) atoms. The van der Waals surface area contributed by atoms with Gasteiger partial charge in [0, 0.05) is 4.91 Å². The number of azide groups is 1. The third-order valence-corrected chi connectivity index (χ3v) is 4.23. The number of ether oxygens (including phenoxy) is 2. The summed E-state index contributed by atoms with van der Waals surface area (Å²) >= 11 is 0. The quantitative estimate of drug-likeness (QED) is 0.292. The van der Waals surface area contributed by atoms with Gasteiger partial charge in [0.05, 0.1) is 38.6 Å². The van der Waals surface area contributed by atoms with Crippen molar-refractivity contribution in [2.45, 2.75) is 37.6 Å². The fraction of sp³-hybridized carbons (Fsp3) is 0.400. The molecule has 3 unspecified atom stereocenters. The predicted molar refractivity (Wildman–Crippen MR) is 103 cm³/mol. The molecule has 0 fully saturated rings. The molecule has 0 aliphatic heterocycles. The van der Waals surface area contributed by atoms with Crippen LogP contribution in [0, 0.1) is 0 Å². The molecule has 2 rings (SSSR count). The monoisotopic (exact) mass is 387 g/mol. The van der Waals surface area contributed by atoms with E-state index in [1.807, 2.05) is 60.7 Å². The lowest BCUT2D eigenvalue weighted by Gasteiger charge is -2.33. The molecule has 8 heteroatoms. The van der Waals surface area contributed by atoms with Gasteiger partial charge < -0.3 is 24.8 Å². The number of aliphatic hydroxyl groups is 3. The number of hydrogen-bond donors (Lipinski definition) is 3. The molecule has 0 spiro atoms. The third-order valence-electron chi connectivity index (χ3n) is 4.23. The van der Waals surface area contributed by atoms with E-state index in [0.717, 1.165) is 11.1 Å². The first kappa shape index (κ1) is 21.8. The first-order valence-electron chi connectivity index (χ1n) is 8.94. The Morgan fingerprint density at radius 3 is 1.75 bits per heavy atom. The Balaban J connectivity index is 2.20.